The SMILES string of the molecule is CNC1(CC(N)=O)C2CCC1Cc1ccccc1C2. The fourth-order valence-electron chi connectivity index (χ4n) is 4.38. The first kappa shape index (κ1) is 12.7. The molecule has 3 rings (SSSR count). The highest BCUT2D eigenvalue weighted by atomic mass is 16.1. The van der Waals surface area contributed by atoms with Gasteiger partial charge in [0.1, 0.15) is 0 Å². The molecule has 3 N–H and O–H groups in total. The smallest absolute Gasteiger partial charge is 0.219 e. The largest absolute Gasteiger partial charge is 0.370 e. The molecule has 1 saturated carbocycles. The number of hydrogen-bond donors (Lipinski definition) is 2. The second kappa shape index (κ2) is 4.64. The molecule has 0 spiro atoms. The molecule has 2 aliphatic rings. The molecule has 1 aromatic rings. The topological polar surface area (TPSA) is 55.1 Å². The first-order valence-corrected chi connectivity index (χ1v) is 7.19. The van der Waals surface area contributed by atoms with Gasteiger partial charge in [-0.05, 0) is 55.7 Å². The molecule has 0 radical (unpaired) electrons. The monoisotopic (exact) mass is 258 g/mol. The number of primary amides is 1. The number of nitrogens with one attached hydrogen (secondary N) is 1. The molecule has 0 heterocycles. The second-order valence-electron chi connectivity index (χ2n) is 6.08. The summed E-state index contributed by atoms with van der Waals surface area (Å²) in [6.07, 6.45) is 5.01. The lowest BCUT2D eigenvalue weighted by atomic mass is 9.76. The van der Waals surface area contributed by atoms with Gasteiger partial charge in [-0.1, -0.05) is 24.3 Å². The van der Waals surface area contributed by atoms with E-state index in [9.17, 15) is 4.79 Å². The van der Waals surface area contributed by atoms with Crippen LogP contribution in [0.15, 0.2) is 24.3 Å². The van der Waals surface area contributed by atoms with Crippen LogP contribution in [0.25, 0.3) is 0 Å². The summed E-state index contributed by atoms with van der Waals surface area (Å²) in [5, 5.41) is 3.48. The van der Waals surface area contributed by atoms with Gasteiger partial charge < -0.3 is 11.1 Å². The molecule has 2 bridgehead atoms. The van der Waals surface area contributed by atoms with Crippen LogP contribution in [-0.2, 0) is 17.6 Å². The predicted octanol–water partition coefficient (Wildman–Crippen LogP) is 1.64. The molecule has 19 heavy (non-hydrogen) atoms. The average Bonchev–Trinajstić information content (AvgIpc) is 2.61. The zero-order valence-corrected chi connectivity index (χ0v) is 11.5. The molecule has 0 aromatic heterocycles. The number of nitrogens with two attached hydrogens (primary N) is 1. The van der Waals surface area contributed by atoms with Crippen molar-refractivity contribution in [3.05, 3.63) is 35.4 Å². The summed E-state index contributed by atoms with van der Waals surface area (Å²) in [6, 6.07) is 8.71. The number of carbonyl (C=O) groups excluding carboxylic acids is 1. The van der Waals surface area contributed by atoms with Crippen LogP contribution in [0, 0.1) is 11.8 Å². The molecule has 102 valence electrons. The van der Waals surface area contributed by atoms with Gasteiger partial charge in [0.15, 0.2) is 0 Å². The fourth-order valence-corrected chi connectivity index (χ4v) is 4.38. The van der Waals surface area contributed by atoms with Crippen LogP contribution < -0.4 is 11.1 Å². The zero-order valence-electron chi connectivity index (χ0n) is 11.5. The van der Waals surface area contributed by atoms with Crippen LogP contribution in [-0.4, -0.2) is 18.5 Å². The molecule has 2 atom stereocenters. The van der Waals surface area contributed by atoms with E-state index >= 15 is 0 Å². The van der Waals surface area contributed by atoms with Gasteiger partial charge in [0.05, 0.1) is 0 Å². The lowest BCUT2D eigenvalue weighted by Gasteiger charge is -2.38. The maximum Gasteiger partial charge on any atom is 0.219 e. The van der Waals surface area contributed by atoms with Gasteiger partial charge in [0.2, 0.25) is 5.91 Å². The number of carbonyl (C=O) groups is 1. The summed E-state index contributed by atoms with van der Waals surface area (Å²) in [6.45, 7) is 0. The third kappa shape index (κ3) is 1.96. The van der Waals surface area contributed by atoms with Crippen molar-refractivity contribution in [2.24, 2.45) is 17.6 Å². The molecule has 1 fully saturated rings. The molecule has 1 aromatic carbocycles. The lowest BCUT2D eigenvalue weighted by molar-refractivity contribution is -0.120. The lowest BCUT2D eigenvalue weighted by Crippen LogP contribution is -2.54. The Labute approximate surface area is 114 Å². The second-order valence-corrected chi connectivity index (χ2v) is 6.08. The molecule has 1 amide bonds. The first-order chi connectivity index (χ1) is 9.15. The van der Waals surface area contributed by atoms with Crippen molar-refractivity contribution < 1.29 is 4.79 Å². The van der Waals surface area contributed by atoms with Crippen LogP contribution in [0.2, 0.25) is 0 Å². The van der Waals surface area contributed by atoms with Crippen molar-refractivity contribution in [2.75, 3.05) is 7.05 Å². The summed E-state index contributed by atoms with van der Waals surface area (Å²) in [5.41, 5.74) is 8.34. The molecule has 2 unspecified atom stereocenters. The molecular formula is C16H22N2O. The first-order valence-electron chi connectivity index (χ1n) is 7.19. The number of hydrogen-bond acceptors (Lipinski definition) is 2. The number of fused-ring (bicyclic) bond motifs is 3. The van der Waals surface area contributed by atoms with E-state index in [0.717, 1.165) is 12.8 Å². The Hall–Kier alpha value is -1.35. The van der Waals surface area contributed by atoms with Crippen molar-refractivity contribution in [3.63, 3.8) is 0 Å². The molecule has 0 aliphatic heterocycles. The Kier molecular flexibility index (Phi) is 3.09. The molecule has 2 aliphatic carbocycles. The summed E-state index contributed by atoms with van der Waals surface area (Å²) >= 11 is 0. The highest BCUT2D eigenvalue weighted by Crippen LogP contribution is 2.48. The van der Waals surface area contributed by atoms with Crippen molar-refractivity contribution in [2.45, 2.75) is 37.6 Å². The summed E-state index contributed by atoms with van der Waals surface area (Å²) in [4.78, 5) is 11.5. The molecule has 0 saturated heterocycles. The minimum atomic E-state index is -0.183. The van der Waals surface area contributed by atoms with Crippen LogP contribution in [0.5, 0.6) is 0 Å². The average molecular weight is 258 g/mol. The van der Waals surface area contributed by atoms with Crippen molar-refractivity contribution in [3.8, 4) is 0 Å². The van der Waals surface area contributed by atoms with E-state index < -0.39 is 0 Å². The fraction of sp³-hybridized carbons (Fsp3) is 0.562. The minimum Gasteiger partial charge on any atom is -0.370 e. The normalized spacial score (nSPS) is 32.7. The van der Waals surface area contributed by atoms with Gasteiger partial charge in [0, 0.05) is 12.0 Å². The number of benzene rings is 1. The third-order valence-corrected chi connectivity index (χ3v) is 5.30. The number of amides is 1. The van der Waals surface area contributed by atoms with Crippen LogP contribution in [0.3, 0.4) is 0 Å². The van der Waals surface area contributed by atoms with E-state index in [1.54, 1.807) is 0 Å². The quantitative estimate of drug-likeness (QED) is 0.866. The van der Waals surface area contributed by atoms with E-state index in [2.05, 4.69) is 29.6 Å². The summed E-state index contributed by atoms with van der Waals surface area (Å²) in [5.74, 6) is 0.870. The van der Waals surface area contributed by atoms with Crippen molar-refractivity contribution in [1.29, 1.82) is 0 Å². The Bertz CT molecular complexity index is 464. The van der Waals surface area contributed by atoms with Crippen LogP contribution >= 0.6 is 0 Å². The van der Waals surface area contributed by atoms with Crippen LogP contribution in [0.4, 0.5) is 0 Å². The maximum atomic E-state index is 11.5. The predicted molar refractivity (Wildman–Crippen MR) is 75.7 cm³/mol. The number of rotatable bonds is 3. The molecular weight excluding hydrogens is 236 g/mol. The van der Waals surface area contributed by atoms with Gasteiger partial charge >= 0.3 is 0 Å². The van der Waals surface area contributed by atoms with E-state index in [-0.39, 0.29) is 11.4 Å². The van der Waals surface area contributed by atoms with Crippen molar-refractivity contribution >= 4 is 5.91 Å². The van der Waals surface area contributed by atoms with Crippen LogP contribution in [0.1, 0.15) is 30.4 Å². The van der Waals surface area contributed by atoms with Gasteiger partial charge in [0.25, 0.3) is 0 Å². The molecule has 3 heteroatoms. The summed E-state index contributed by atoms with van der Waals surface area (Å²) in [7, 11) is 1.99. The maximum absolute atomic E-state index is 11.5. The highest BCUT2D eigenvalue weighted by molar-refractivity contribution is 5.75. The summed E-state index contributed by atoms with van der Waals surface area (Å²) < 4.78 is 0. The van der Waals surface area contributed by atoms with E-state index in [1.807, 2.05) is 7.05 Å². The van der Waals surface area contributed by atoms with Gasteiger partial charge in [-0.25, -0.2) is 0 Å². The highest BCUT2D eigenvalue weighted by Gasteiger charge is 2.51. The van der Waals surface area contributed by atoms with Gasteiger partial charge in [-0.15, -0.1) is 0 Å². The Morgan fingerprint density at radius 3 is 2.21 bits per heavy atom. The van der Waals surface area contributed by atoms with E-state index in [1.165, 1.54) is 24.0 Å². The Morgan fingerprint density at radius 1 is 1.26 bits per heavy atom. The van der Waals surface area contributed by atoms with Gasteiger partial charge in [-0.2, -0.15) is 0 Å². The zero-order chi connectivity index (χ0) is 13.5. The minimum absolute atomic E-state index is 0.0924. The van der Waals surface area contributed by atoms with E-state index in [4.69, 9.17) is 5.73 Å². The van der Waals surface area contributed by atoms with E-state index in [0.29, 0.717) is 18.3 Å². The third-order valence-electron chi connectivity index (χ3n) is 5.30. The standard InChI is InChI=1S/C16H22N2O/c1-18-16(10-15(17)19)13-6-7-14(16)9-12-5-3-2-4-11(12)8-13/h2-5,13-14,18H,6-10H2,1H3,(H2,17,19). The van der Waals surface area contributed by atoms with Crippen molar-refractivity contribution in [1.82, 2.24) is 5.32 Å². The Balaban J connectivity index is 2.00. The molecule has 3 nitrogen and oxygen atoms in total. The van der Waals surface area contributed by atoms with Gasteiger partial charge in [-0.3, -0.25) is 4.79 Å². The Morgan fingerprint density at radius 2 is 1.79 bits per heavy atom.